The molecule has 1 N–H and O–H groups in total. The number of hydrogen-bond acceptors (Lipinski definition) is 2. The quantitative estimate of drug-likeness (QED) is 0.609. The van der Waals surface area contributed by atoms with Gasteiger partial charge in [-0.3, -0.25) is 0 Å². The van der Waals surface area contributed by atoms with Crippen molar-refractivity contribution in [1.82, 2.24) is 5.32 Å². The lowest BCUT2D eigenvalue weighted by atomic mass is 9.83. The molecule has 0 aromatic rings. The Kier molecular flexibility index (Phi) is 5.11. The molecule has 0 bridgehead atoms. The second-order valence-electron chi connectivity index (χ2n) is 5.56. The van der Waals surface area contributed by atoms with Gasteiger partial charge in [-0.25, -0.2) is 0 Å². The molecule has 94 valence electrons. The van der Waals surface area contributed by atoms with Crippen LogP contribution < -0.4 is 5.32 Å². The zero-order chi connectivity index (χ0) is 11.2. The van der Waals surface area contributed by atoms with Crippen LogP contribution in [0.1, 0.15) is 51.9 Å². The Morgan fingerprint density at radius 3 is 2.62 bits per heavy atom. The van der Waals surface area contributed by atoms with Crippen LogP contribution in [-0.4, -0.2) is 25.8 Å². The number of nitrogens with one attached hydrogen (secondary N) is 1. The Labute approximate surface area is 100 Å². The van der Waals surface area contributed by atoms with E-state index in [9.17, 15) is 0 Å². The molecule has 1 unspecified atom stereocenters. The molecule has 2 fully saturated rings. The highest BCUT2D eigenvalue weighted by Gasteiger charge is 2.30. The molecule has 2 saturated carbocycles. The normalized spacial score (nSPS) is 23.1. The van der Waals surface area contributed by atoms with E-state index in [4.69, 9.17) is 4.74 Å². The summed E-state index contributed by atoms with van der Waals surface area (Å²) in [5.74, 6) is 1.90. The highest BCUT2D eigenvalue weighted by molar-refractivity contribution is 4.86. The molecular weight excluding hydrogens is 198 g/mol. The van der Waals surface area contributed by atoms with Gasteiger partial charge in [0.1, 0.15) is 0 Å². The van der Waals surface area contributed by atoms with Crippen molar-refractivity contribution in [3.63, 3.8) is 0 Å². The maximum Gasteiger partial charge on any atom is 0.0622 e. The first kappa shape index (κ1) is 12.4. The second-order valence-corrected chi connectivity index (χ2v) is 5.56. The summed E-state index contributed by atoms with van der Waals surface area (Å²) in [7, 11) is 0. The Balaban J connectivity index is 1.50. The smallest absolute Gasteiger partial charge is 0.0622 e. The zero-order valence-electron chi connectivity index (χ0n) is 10.7. The summed E-state index contributed by atoms with van der Waals surface area (Å²) in [4.78, 5) is 0. The van der Waals surface area contributed by atoms with Gasteiger partial charge in [0.25, 0.3) is 0 Å². The van der Waals surface area contributed by atoms with Crippen LogP contribution >= 0.6 is 0 Å². The van der Waals surface area contributed by atoms with E-state index in [-0.39, 0.29) is 0 Å². The van der Waals surface area contributed by atoms with Crippen molar-refractivity contribution in [2.24, 2.45) is 11.8 Å². The van der Waals surface area contributed by atoms with Crippen LogP contribution in [-0.2, 0) is 4.74 Å². The fourth-order valence-corrected chi connectivity index (χ4v) is 2.43. The predicted molar refractivity (Wildman–Crippen MR) is 67.6 cm³/mol. The van der Waals surface area contributed by atoms with Crippen molar-refractivity contribution in [1.29, 1.82) is 0 Å². The average Bonchev–Trinajstić information content (AvgIpc) is 3.03. The molecule has 2 nitrogen and oxygen atoms in total. The third-order valence-corrected chi connectivity index (χ3v) is 4.04. The van der Waals surface area contributed by atoms with Crippen molar-refractivity contribution in [2.75, 3.05) is 19.8 Å². The van der Waals surface area contributed by atoms with Crippen LogP contribution in [0.4, 0.5) is 0 Å². The molecular formula is C14H27NO. The molecule has 16 heavy (non-hydrogen) atoms. The summed E-state index contributed by atoms with van der Waals surface area (Å²) in [6, 6.07) is 0.640. The van der Waals surface area contributed by atoms with E-state index in [1.54, 1.807) is 0 Å². The van der Waals surface area contributed by atoms with Gasteiger partial charge in [-0.1, -0.05) is 26.2 Å². The summed E-state index contributed by atoms with van der Waals surface area (Å²) in [5.41, 5.74) is 0. The highest BCUT2D eigenvalue weighted by Crippen LogP contribution is 2.33. The van der Waals surface area contributed by atoms with E-state index in [0.29, 0.717) is 6.04 Å². The van der Waals surface area contributed by atoms with Crippen molar-refractivity contribution in [3.8, 4) is 0 Å². The minimum atomic E-state index is 0.640. The molecule has 0 heterocycles. The molecule has 1 atom stereocenters. The zero-order valence-corrected chi connectivity index (χ0v) is 10.7. The fraction of sp³-hybridized carbons (Fsp3) is 1.00. The van der Waals surface area contributed by atoms with E-state index >= 15 is 0 Å². The molecule has 2 rings (SSSR count). The molecule has 2 aliphatic carbocycles. The molecule has 0 aromatic carbocycles. The average molecular weight is 225 g/mol. The monoisotopic (exact) mass is 225 g/mol. The Morgan fingerprint density at radius 2 is 2.06 bits per heavy atom. The van der Waals surface area contributed by atoms with Crippen LogP contribution in [0, 0.1) is 11.8 Å². The Hall–Kier alpha value is -0.0800. The second kappa shape index (κ2) is 6.61. The molecule has 0 aliphatic heterocycles. The lowest BCUT2D eigenvalue weighted by Crippen LogP contribution is -2.36. The minimum absolute atomic E-state index is 0.640. The van der Waals surface area contributed by atoms with E-state index in [2.05, 4.69) is 12.2 Å². The summed E-state index contributed by atoms with van der Waals surface area (Å²) >= 11 is 0. The summed E-state index contributed by atoms with van der Waals surface area (Å²) in [6.07, 6.45) is 9.69. The van der Waals surface area contributed by atoms with Crippen molar-refractivity contribution in [2.45, 2.75) is 57.9 Å². The van der Waals surface area contributed by atoms with Gasteiger partial charge < -0.3 is 10.1 Å². The fourth-order valence-electron chi connectivity index (χ4n) is 2.43. The van der Waals surface area contributed by atoms with Gasteiger partial charge in [0.15, 0.2) is 0 Å². The van der Waals surface area contributed by atoms with Crippen LogP contribution in [0.2, 0.25) is 0 Å². The predicted octanol–water partition coefficient (Wildman–Crippen LogP) is 2.97. The van der Waals surface area contributed by atoms with Gasteiger partial charge in [0, 0.05) is 12.6 Å². The first-order valence-electron chi connectivity index (χ1n) is 7.21. The van der Waals surface area contributed by atoms with E-state index < -0.39 is 0 Å². The van der Waals surface area contributed by atoms with Crippen LogP contribution in [0.15, 0.2) is 0 Å². The van der Waals surface area contributed by atoms with Crippen molar-refractivity contribution in [3.05, 3.63) is 0 Å². The van der Waals surface area contributed by atoms with Gasteiger partial charge in [-0.15, -0.1) is 0 Å². The molecule has 2 aliphatic rings. The number of rotatable bonds is 9. The summed E-state index contributed by atoms with van der Waals surface area (Å²) < 4.78 is 5.84. The third kappa shape index (κ3) is 4.06. The van der Waals surface area contributed by atoms with Gasteiger partial charge in [-0.2, -0.15) is 0 Å². The van der Waals surface area contributed by atoms with Gasteiger partial charge in [0.05, 0.1) is 6.61 Å². The van der Waals surface area contributed by atoms with Gasteiger partial charge in [-0.05, 0) is 44.1 Å². The largest absolute Gasteiger partial charge is 0.380 e. The lowest BCUT2D eigenvalue weighted by molar-refractivity contribution is 0.0842. The third-order valence-electron chi connectivity index (χ3n) is 4.04. The maximum atomic E-state index is 5.84. The van der Waals surface area contributed by atoms with Crippen LogP contribution in [0.3, 0.4) is 0 Å². The highest BCUT2D eigenvalue weighted by atomic mass is 16.5. The molecule has 0 saturated heterocycles. The molecule has 0 amide bonds. The minimum Gasteiger partial charge on any atom is -0.380 e. The Morgan fingerprint density at radius 1 is 1.25 bits per heavy atom. The molecule has 0 aromatic heterocycles. The molecule has 2 heteroatoms. The van der Waals surface area contributed by atoms with Crippen molar-refractivity contribution < 1.29 is 4.74 Å². The Bertz CT molecular complexity index is 187. The first-order valence-corrected chi connectivity index (χ1v) is 7.21. The van der Waals surface area contributed by atoms with Crippen LogP contribution in [0.5, 0.6) is 0 Å². The maximum absolute atomic E-state index is 5.84. The summed E-state index contributed by atoms with van der Waals surface area (Å²) in [6.45, 7) is 5.31. The molecule has 0 radical (unpaired) electrons. The number of ether oxygens (including phenoxy) is 1. The SMILES string of the molecule is CCCNC(COCCC1CCC1)C1CC1. The van der Waals surface area contributed by atoms with Crippen LogP contribution in [0.25, 0.3) is 0 Å². The van der Waals surface area contributed by atoms with Gasteiger partial charge >= 0.3 is 0 Å². The first-order chi connectivity index (χ1) is 7.90. The standard InChI is InChI=1S/C14H27NO/c1-2-9-15-14(13-6-7-13)11-16-10-8-12-4-3-5-12/h12-15H,2-11H2,1H3. The van der Waals surface area contributed by atoms with Crippen molar-refractivity contribution >= 4 is 0 Å². The lowest BCUT2D eigenvalue weighted by Gasteiger charge is -2.25. The summed E-state index contributed by atoms with van der Waals surface area (Å²) in [5, 5.41) is 3.62. The van der Waals surface area contributed by atoms with E-state index in [1.807, 2.05) is 0 Å². The number of hydrogen-bond donors (Lipinski definition) is 1. The van der Waals surface area contributed by atoms with Gasteiger partial charge in [0.2, 0.25) is 0 Å². The molecule has 0 spiro atoms. The van der Waals surface area contributed by atoms with E-state index in [1.165, 1.54) is 44.9 Å². The van der Waals surface area contributed by atoms with E-state index in [0.717, 1.165) is 31.6 Å². The topological polar surface area (TPSA) is 21.3 Å².